The normalized spacial score (nSPS) is 21.4. The van der Waals surface area contributed by atoms with Gasteiger partial charge in [0.1, 0.15) is 11.6 Å². The molecule has 0 amide bonds. The molecule has 4 atom stereocenters. The first-order valence-corrected chi connectivity index (χ1v) is 14.9. The van der Waals surface area contributed by atoms with E-state index in [2.05, 4.69) is 72.2 Å². The number of hydrogen-bond acceptors (Lipinski definition) is 4. The Morgan fingerprint density at radius 3 is 1.79 bits per heavy atom. The van der Waals surface area contributed by atoms with Crippen LogP contribution in [0.4, 0.5) is 11.4 Å². The summed E-state index contributed by atoms with van der Waals surface area (Å²) >= 11 is 0. The standard InChI is InChI=1S/C34H50N2O2/c1-7-9-11-13-15-31(37)34-30(25-16-20-27(21-17-25)35(3)4)24-32(38)29(14-12-10-8-2)33(34)26-18-22-28(23-19-26)36(5)6/h16-23,29-30,33-34H,7-15,24H2,1-6H3/t29-,30+,33-,34-/m0/s1. The lowest BCUT2D eigenvalue weighted by atomic mass is 9.59. The van der Waals surface area contributed by atoms with E-state index in [9.17, 15) is 9.59 Å². The Balaban J connectivity index is 2.06. The number of ketones is 2. The van der Waals surface area contributed by atoms with E-state index < -0.39 is 0 Å². The summed E-state index contributed by atoms with van der Waals surface area (Å²) in [5.74, 6) is 0.279. The van der Waals surface area contributed by atoms with Crippen LogP contribution < -0.4 is 9.80 Å². The van der Waals surface area contributed by atoms with Crippen molar-refractivity contribution in [2.75, 3.05) is 38.0 Å². The van der Waals surface area contributed by atoms with Crippen LogP contribution in [-0.2, 0) is 9.59 Å². The molecule has 0 bridgehead atoms. The highest BCUT2D eigenvalue weighted by Gasteiger charge is 2.47. The Labute approximate surface area is 231 Å². The van der Waals surface area contributed by atoms with Crippen LogP contribution in [0.5, 0.6) is 0 Å². The number of nitrogens with zero attached hydrogens (tertiary/aromatic N) is 2. The number of anilines is 2. The van der Waals surface area contributed by atoms with Gasteiger partial charge in [0, 0.05) is 76.1 Å². The largest absolute Gasteiger partial charge is 0.378 e. The molecule has 2 aromatic carbocycles. The Bertz CT molecular complexity index is 1010. The molecule has 0 N–H and O–H groups in total. The van der Waals surface area contributed by atoms with E-state index in [1.165, 1.54) is 6.42 Å². The molecule has 4 nitrogen and oxygen atoms in total. The van der Waals surface area contributed by atoms with Gasteiger partial charge in [0.25, 0.3) is 0 Å². The maximum Gasteiger partial charge on any atom is 0.137 e. The monoisotopic (exact) mass is 518 g/mol. The molecule has 1 aliphatic rings. The van der Waals surface area contributed by atoms with Gasteiger partial charge in [-0.05, 0) is 48.2 Å². The molecule has 0 saturated heterocycles. The lowest BCUT2D eigenvalue weighted by Gasteiger charge is -2.42. The van der Waals surface area contributed by atoms with Crippen LogP contribution in [0, 0.1) is 11.8 Å². The predicted octanol–water partition coefficient (Wildman–Crippen LogP) is 8.01. The van der Waals surface area contributed by atoms with Gasteiger partial charge in [0.05, 0.1) is 0 Å². The molecular weight excluding hydrogens is 468 g/mol. The summed E-state index contributed by atoms with van der Waals surface area (Å²) in [5.41, 5.74) is 4.54. The van der Waals surface area contributed by atoms with Crippen molar-refractivity contribution < 1.29 is 9.59 Å². The van der Waals surface area contributed by atoms with Gasteiger partial charge >= 0.3 is 0 Å². The van der Waals surface area contributed by atoms with Gasteiger partial charge in [-0.2, -0.15) is 0 Å². The molecule has 0 aliphatic heterocycles. The quantitative estimate of drug-likeness (QED) is 0.238. The third-order valence-electron chi connectivity index (χ3n) is 8.49. The van der Waals surface area contributed by atoms with E-state index >= 15 is 0 Å². The fourth-order valence-corrected chi connectivity index (χ4v) is 6.25. The van der Waals surface area contributed by atoms with E-state index in [1.807, 2.05) is 28.2 Å². The summed E-state index contributed by atoms with van der Waals surface area (Å²) in [6.45, 7) is 4.41. The Hall–Kier alpha value is -2.62. The van der Waals surface area contributed by atoms with Crippen LogP contribution in [0.25, 0.3) is 0 Å². The molecule has 0 aromatic heterocycles. The van der Waals surface area contributed by atoms with Crippen molar-refractivity contribution in [3.8, 4) is 0 Å². The molecule has 0 heterocycles. The Morgan fingerprint density at radius 1 is 0.737 bits per heavy atom. The van der Waals surface area contributed by atoms with Crippen molar-refractivity contribution in [2.24, 2.45) is 11.8 Å². The molecule has 2 aromatic rings. The zero-order chi connectivity index (χ0) is 27.7. The molecular formula is C34H50N2O2. The van der Waals surface area contributed by atoms with Gasteiger partial charge in [-0.1, -0.05) is 76.6 Å². The molecule has 1 saturated carbocycles. The maximum absolute atomic E-state index is 14.1. The second kappa shape index (κ2) is 14.5. The first-order valence-electron chi connectivity index (χ1n) is 14.9. The number of benzene rings is 2. The molecule has 0 spiro atoms. The number of Topliss-reactive ketones (excluding diaryl/α,β-unsaturated/α-hetero) is 2. The molecule has 38 heavy (non-hydrogen) atoms. The van der Waals surface area contributed by atoms with Gasteiger partial charge in [-0.25, -0.2) is 0 Å². The van der Waals surface area contributed by atoms with E-state index in [1.54, 1.807) is 0 Å². The highest BCUT2D eigenvalue weighted by Crippen LogP contribution is 2.50. The van der Waals surface area contributed by atoms with E-state index in [0.717, 1.165) is 67.4 Å². The fourth-order valence-electron chi connectivity index (χ4n) is 6.25. The Morgan fingerprint density at radius 2 is 1.26 bits per heavy atom. The maximum atomic E-state index is 14.1. The first kappa shape index (κ1) is 29.9. The number of hydrogen-bond donors (Lipinski definition) is 0. The second-order valence-corrected chi connectivity index (χ2v) is 11.7. The highest BCUT2D eigenvalue weighted by atomic mass is 16.1. The average Bonchev–Trinajstić information content (AvgIpc) is 2.91. The molecule has 3 rings (SSSR count). The zero-order valence-corrected chi connectivity index (χ0v) is 24.7. The van der Waals surface area contributed by atoms with Crippen molar-refractivity contribution in [2.45, 2.75) is 89.9 Å². The smallest absolute Gasteiger partial charge is 0.137 e. The summed E-state index contributed by atoms with van der Waals surface area (Å²) in [7, 11) is 8.16. The number of carbonyl (C=O) groups is 2. The summed E-state index contributed by atoms with van der Waals surface area (Å²) < 4.78 is 0. The van der Waals surface area contributed by atoms with Crippen LogP contribution in [0.2, 0.25) is 0 Å². The van der Waals surface area contributed by atoms with Crippen molar-refractivity contribution >= 4 is 22.9 Å². The van der Waals surface area contributed by atoms with Crippen LogP contribution in [-0.4, -0.2) is 39.8 Å². The fraction of sp³-hybridized carbons (Fsp3) is 0.588. The summed E-state index contributed by atoms with van der Waals surface area (Å²) in [5, 5.41) is 0. The summed E-state index contributed by atoms with van der Waals surface area (Å²) in [6.07, 6.45) is 9.61. The van der Waals surface area contributed by atoms with Crippen molar-refractivity contribution in [3.63, 3.8) is 0 Å². The summed E-state index contributed by atoms with van der Waals surface area (Å²) in [6, 6.07) is 17.2. The van der Waals surface area contributed by atoms with Crippen molar-refractivity contribution in [3.05, 3.63) is 59.7 Å². The summed E-state index contributed by atoms with van der Waals surface area (Å²) in [4.78, 5) is 32.2. The van der Waals surface area contributed by atoms with E-state index in [0.29, 0.717) is 24.4 Å². The lowest BCUT2D eigenvalue weighted by molar-refractivity contribution is -0.133. The minimum absolute atomic E-state index is 0.0680. The van der Waals surface area contributed by atoms with Crippen LogP contribution in [0.1, 0.15) is 101 Å². The molecule has 208 valence electrons. The van der Waals surface area contributed by atoms with Gasteiger partial charge in [0.15, 0.2) is 0 Å². The minimum Gasteiger partial charge on any atom is -0.378 e. The SMILES string of the molecule is CCCCCCC(=O)[C@H]1[C@@H](c2ccc(N(C)C)cc2)[C@@H](CCCCC)C(=O)C[C@@H]1c1ccc(N(C)C)cc1. The topological polar surface area (TPSA) is 40.6 Å². The average molecular weight is 519 g/mol. The molecule has 1 aliphatic carbocycles. The van der Waals surface area contributed by atoms with Gasteiger partial charge in [-0.15, -0.1) is 0 Å². The second-order valence-electron chi connectivity index (χ2n) is 11.7. The van der Waals surface area contributed by atoms with Crippen molar-refractivity contribution in [1.82, 2.24) is 0 Å². The van der Waals surface area contributed by atoms with Gasteiger partial charge in [0.2, 0.25) is 0 Å². The van der Waals surface area contributed by atoms with E-state index in [4.69, 9.17) is 0 Å². The number of rotatable bonds is 14. The Kier molecular flexibility index (Phi) is 11.4. The predicted molar refractivity (Wildman–Crippen MR) is 162 cm³/mol. The number of carbonyl (C=O) groups excluding carboxylic acids is 2. The molecule has 0 unspecified atom stereocenters. The molecule has 4 heteroatoms. The third-order valence-corrected chi connectivity index (χ3v) is 8.49. The van der Waals surface area contributed by atoms with Crippen LogP contribution >= 0.6 is 0 Å². The number of unbranched alkanes of at least 4 members (excludes halogenated alkanes) is 5. The van der Waals surface area contributed by atoms with Gasteiger partial charge < -0.3 is 9.80 Å². The highest BCUT2D eigenvalue weighted by molar-refractivity contribution is 5.91. The van der Waals surface area contributed by atoms with Crippen LogP contribution in [0.15, 0.2) is 48.5 Å². The van der Waals surface area contributed by atoms with E-state index in [-0.39, 0.29) is 23.7 Å². The first-order chi connectivity index (χ1) is 18.3. The molecule has 0 radical (unpaired) electrons. The molecule has 1 fully saturated rings. The van der Waals surface area contributed by atoms with Crippen molar-refractivity contribution in [1.29, 1.82) is 0 Å². The lowest BCUT2D eigenvalue weighted by Crippen LogP contribution is -2.42. The van der Waals surface area contributed by atoms with Gasteiger partial charge in [-0.3, -0.25) is 9.59 Å². The van der Waals surface area contributed by atoms with Crippen LogP contribution in [0.3, 0.4) is 0 Å². The zero-order valence-electron chi connectivity index (χ0n) is 24.7. The minimum atomic E-state index is -0.170. The third kappa shape index (κ3) is 7.48.